The summed E-state index contributed by atoms with van der Waals surface area (Å²) in [5.41, 5.74) is 2.21. The van der Waals surface area contributed by atoms with Crippen molar-refractivity contribution in [2.45, 2.75) is 13.8 Å². The molecule has 0 amide bonds. The van der Waals surface area contributed by atoms with E-state index in [1.54, 1.807) is 31.3 Å². The van der Waals surface area contributed by atoms with Crippen molar-refractivity contribution in [3.63, 3.8) is 0 Å². The summed E-state index contributed by atoms with van der Waals surface area (Å²) in [5, 5.41) is 0. The molecule has 2 rings (SSSR count). The van der Waals surface area contributed by atoms with Gasteiger partial charge in [-0.15, -0.1) is 0 Å². The van der Waals surface area contributed by atoms with Crippen molar-refractivity contribution >= 4 is 5.78 Å². The highest BCUT2D eigenvalue weighted by Gasteiger charge is 2.15. The number of aryl methyl sites for hydroxylation is 2. The fraction of sp³-hybridized carbons (Fsp3) is 0.143. The number of hydrogen-bond acceptors (Lipinski definition) is 2. The molecule has 0 atom stereocenters. The maximum absolute atomic E-state index is 13.6. The number of carbonyl (C=O) groups is 1. The monoisotopic (exact) mass is 229 g/mol. The first-order valence-corrected chi connectivity index (χ1v) is 5.31. The minimum atomic E-state index is -0.489. The van der Waals surface area contributed by atoms with Crippen LogP contribution < -0.4 is 0 Å². The van der Waals surface area contributed by atoms with Crippen LogP contribution in [0, 0.1) is 19.7 Å². The zero-order valence-corrected chi connectivity index (χ0v) is 9.70. The molecule has 0 N–H and O–H groups in total. The maximum Gasteiger partial charge on any atom is 0.196 e. The Morgan fingerprint density at radius 1 is 1.18 bits per heavy atom. The zero-order chi connectivity index (χ0) is 12.4. The van der Waals surface area contributed by atoms with Gasteiger partial charge in [0.25, 0.3) is 0 Å². The molecule has 86 valence electrons. The number of aromatic nitrogens is 1. The van der Waals surface area contributed by atoms with Crippen molar-refractivity contribution in [2.24, 2.45) is 0 Å². The van der Waals surface area contributed by atoms with Gasteiger partial charge in [-0.05, 0) is 37.6 Å². The molecular weight excluding hydrogens is 217 g/mol. The zero-order valence-electron chi connectivity index (χ0n) is 9.70. The lowest BCUT2D eigenvalue weighted by molar-refractivity contribution is 0.103. The molecule has 0 bridgehead atoms. The fourth-order valence-electron chi connectivity index (χ4n) is 1.69. The van der Waals surface area contributed by atoms with E-state index in [9.17, 15) is 9.18 Å². The van der Waals surface area contributed by atoms with Crippen LogP contribution in [0.2, 0.25) is 0 Å². The Kier molecular flexibility index (Phi) is 3.00. The predicted octanol–water partition coefficient (Wildman–Crippen LogP) is 3.07. The van der Waals surface area contributed by atoms with Crippen LogP contribution in [0.15, 0.2) is 36.7 Å². The minimum Gasteiger partial charge on any atom is -0.288 e. The van der Waals surface area contributed by atoms with E-state index < -0.39 is 5.82 Å². The van der Waals surface area contributed by atoms with Crippen molar-refractivity contribution in [1.82, 2.24) is 4.98 Å². The summed E-state index contributed by atoms with van der Waals surface area (Å²) in [6, 6.07) is 6.14. The van der Waals surface area contributed by atoms with E-state index in [0.717, 1.165) is 11.1 Å². The Morgan fingerprint density at radius 3 is 2.65 bits per heavy atom. The highest BCUT2D eigenvalue weighted by Crippen LogP contribution is 2.17. The lowest BCUT2D eigenvalue weighted by Crippen LogP contribution is -2.06. The van der Waals surface area contributed by atoms with Gasteiger partial charge in [0.05, 0.1) is 5.56 Å². The molecule has 2 nitrogen and oxygen atoms in total. The van der Waals surface area contributed by atoms with Crippen molar-refractivity contribution in [3.05, 3.63) is 64.7 Å². The van der Waals surface area contributed by atoms with Crippen LogP contribution >= 0.6 is 0 Å². The van der Waals surface area contributed by atoms with E-state index in [0.29, 0.717) is 5.56 Å². The number of ketones is 1. The lowest BCUT2D eigenvalue weighted by atomic mass is 9.99. The molecule has 0 fully saturated rings. The average molecular weight is 229 g/mol. The number of pyridine rings is 1. The molecule has 0 aliphatic heterocycles. The highest BCUT2D eigenvalue weighted by molar-refractivity contribution is 6.10. The Balaban J connectivity index is 2.51. The number of halogens is 1. The number of carbonyl (C=O) groups excluding carboxylic acids is 1. The largest absolute Gasteiger partial charge is 0.288 e. The molecule has 0 aliphatic carbocycles. The van der Waals surface area contributed by atoms with Crippen LogP contribution in [0.1, 0.15) is 27.0 Å². The molecule has 0 saturated carbocycles. The van der Waals surface area contributed by atoms with Gasteiger partial charge in [-0.25, -0.2) is 4.39 Å². The van der Waals surface area contributed by atoms with Gasteiger partial charge in [0.15, 0.2) is 5.78 Å². The Labute approximate surface area is 99.1 Å². The van der Waals surface area contributed by atoms with Crippen molar-refractivity contribution in [1.29, 1.82) is 0 Å². The van der Waals surface area contributed by atoms with Crippen molar-refractivity contribution < 1.29 is 9.18 Å². The molecular formula is C14H12FNO. The summed E-state index contributed by atoms with van der Waals surface area (Å²) in [6.07, 6.45) is 3.13. The van der Waals surface area contributed by atoms with Crippen LogP contribution in [0.25, 0.3) is 0 Å². The van der Waals surface area contributed by atoms with Crippen LogP contribution in [-0.2, 0) is 0 Å². The fourth-order valence-corrected chi connectivity index (χ4v) is 1.69. The van der Waals surface area contributed by atoms with Crippen LogP contribution in [0.5, 0.6) is 0 Å². The Bertz CT molecular complexity index is 578. The number of hydrogen-bond donors (Lipinski definition) is 0. The summed E-state index contributed by atoms with van der Waals surface area (Å²) in [5.74, 6) is -0.789. The van der Waals surface area contributed by atoms with Gasteiger partial charge < -0.3 is 0 Å². The lowest BCUT2D eigenvalue weighted by Gasteiger charge is -2.06. The molecule has 0 unspecified atom stereocenters. The van der Waals surface area contributed by atoms with Gasteiger partial charge >= 0.3 is 0 Å². The SMILES string of the molecule is Cc1ccc(F)c(C(=O)c2ccncc2C)c1. The molecule has 17 heavy (non-hydrogen) atoms. The van der Waals surface area contributed by atoms with E-state index in [1.807, 2.05) is 6.92 Å². The summed E-state index contributed by atoms with van der Waals surface area (Å²) in [4.78, 5) is 16.1. The third kappa shape index (κ3) is 2.23. The summed E-state index contributed by atoms with van der Waals surface area (Å²) in [6.45, 7) is 3.61. The molecule has 1 heterocycles. The maximum atomic E-state index is 13.6. The summed E-state index contributed by atoms with van der Waals surface area (Å²) < 4.78 is 13.6. The molecule has 0 saturated heterocycles. The van der Waals surface area contributed by atoms with E-state index in [1.165, 1.54) is 12.3 Å². The number of rotatable bonds is 2. The Morgan fingerprint density at radius 2 is 1.94 bits per heavy atom. The molecule has 0 aliphatic rings. The summed E-state index contributed by atoms with van der Waals surface area (Å²) in [7, 11) is 0. The van der Waals surface area contributed by atoms with Crippen LogP contribution in [-0.4, -0.2) is 10.8 Å². The van der Waals surface area contributed by atoms with E-state index >= 15 is 0 Å². The van der Waals surface area contributed by atoms with E-state index in [4.69, 9.17) is 0 Å². The van der Waals surface area contributed by atoms with E-state index in [2.05, 4.69) is 4.98 Å². The van der Waals surface area contributed by atoms with Crippen LogP contribution in [0.4, 0.5) is 4.39 Å². The smallest absolute Gasteiger partial charge is 0.196 e. The predicted molar refractivity (Wildman–Crippen MR) is 63.5 cm³/mol. The van der Waals surface area contributed by atoms with Gasteiger partial charge in [-0.2, -0.15) is 0 Å². The van der Waals surface area contributed by atoms with Gasteiger partial charge in [0.2, 0.25) is 0 Å². The quantitative estimate of drug-likeness (QED) is 0.741. The highest BCUT2D eigenvalue weighted by atomic mass is 19.1. The molecule has 1 aromatic heterocycles. The third-order valence-electron chi connectivity index (χ3n) is 2.63. The van der Waals surface area contributed by atoms with Gasteiger partial charge in [0, 0.05) is 18.0 Å². The molecule has 0 spiro atoms. The topological polar surface area (TPSA) is 30.0 Å². The minimum absolute atomic E-state index is 0.110. The van der Waals surface area contributed by atoms with Crippen molar-refractivity contribution in [2.75, 3.05) is 0 Å². The van der Waals surface area contributed by atoms with Crippen LogP contribution in [0.3, 0.4) is 0 Å². The molecule has 3 heteroatoms. The third-order valence-corrected chi connectivity index (χ3v) is 2.63. The Hall–Kier alpha value is -2.03. The first-order chi connectivity index (χ1) is 8.09. The molecule has 1 aromatic carbocycles. The first-order valence-electron chi connectivity index (χ1n) is 5.31. The van der Waals surface area contributed by atoms with Gasteiger partial charge in [-0.3, -0.25) is 9.78 Å². The normalized spacial score (nSPS) is 10.3. The number of nitrogens with zero attached hydrogens (tertiary/aromatic N) is 1. The van der Waals surface area contributed by atoms with Gasteiger partial charge in [0.1, 0.15) is 5.82 Å². The number of benzene rings is 1. The van der Waals surface area contributed by atoms with E-state index in [-0.39, 0.29) is 11.3 Å². The standard InChI is InChI=1S/C14H12FNO/c1-9-3-4-13(15)12(7-9)14(17)11-5-6-16-8-10(11)2/h3-8H,1-2H3. The average Bonchev–Trinajstić information content (AvgIpc) is 2.32. The first kappa shape index (κ1) is 11.5. The molecule has 0 radical (unpaired) electrons. The van der Waals surface area contributed by atoms with Gasteiger partial charge in [-0.1, -0.05) is 11.6 Å². The summed E-state index contributed by atoms with van der Waals surface area (Å²) >= 11 is 0. The second kappa shape index (κ2) is 4.45. The second-order valence-electron chi connectivity index (χ2n) is 4.00. The van der Waals surface area contributed by atoms with Crippen molar-refractivity contribution in [3.8, 4) is 0 Å². The molecule has 2 aromatic rings. The second-order valence-corrected chi connectivity index (χ2v) is 4.00.